The fraction of sp³-hybridized carbons (Fsp3) is 0.632. The van der Waals surface area contributed by atoms with E-state index < -0.39 is 4.92 Å². The Hall–Kier alpha value is -1.95. The summed E-state index contributed by atoms with van der Waals surface area (Å²) in [6.07, 6.45) is 5.72. The van der Waals surface area contributed by atoms with Crippen molar-refractivity contribution in [1.29, 1.82) is 0 Å². The highest BCUT2D eigenvalue weighted by molar-refractivity contribution is 5.94. The first-order valence-electron chi connectivity index (χ1n) is 9.25. The summed E-state index contributed by atoms with van der Waals surface area (Å²) in [6, 6.07) is 7.16. The zero-order chi connectivity index (χ0) is 18.0. The Morgan fingerprint density at radius 3 is 2.36 bits per heavy atom. The molecular formula is C19H27N3O3. The van der Waals surface area contributed by atoms with Crippen molar-refractivity contribution in [2.45, 2.75) is 64.1 Å². The summed E-state index contributed by atoms with van der Waals surface area (Å²) in [5.74, 6) is 0.532. The van der Waals surface area contributed by atoms with E-state index in [2.05, 4.69) is 24.1 Å². The summed E-state index contributed by atoms with van der Waals surface area (Å²) in [4.78, 5) is 25.4. The van der Waals surface area contributed by atoms with Crippen molar-refractivity contribution in [1.82, 2.24) is 10.2 Å². The highest BCUT2D eigenvalue weighted by atomic mass is 16.6. The van der Waals surface area contributed by atoms with Crippen LogP contribution in [0, 0.1) is 16.0 Å². The number of nitro benzene ring substituents is 1. The lowest BCUT2D eigenvalue weighted by Crippen LogP contribution is -2.57. The SMILES string of the molecule is CC(C)CN1[C@@H]2CCC[C@H]1CC(NC(=O)c1ccc([N+](=O)[O-])cc1)C2. The summed E-state index contributed by atoms with van der Waals surface area (Å²) in [5, 5.41) is 13.9. The normalized spacial score (nSPS) is 26.4. The Morgan fingerprint density at radius 1 is 1.24 bits per heavy atom. The molecule has 1 aromatic rings. The number of nitro groups is 1. The third-order valence-corrected chi connectivity index (χ3v) is 5.38. The van der Waals surface area contributed by atoms with Gasteiger partial charge in [-0.05, 0) is 43.7 Å². The van der Waals surface area contributed by atoms with Crippen LogP contribution in [0.2, 0.25) is 0 Å². The monoisotopic (exact) mass is 345 g/mol. The number of hydrogen-bond acceptors (Lipinski definition) is 4. The van der Waals surface area contributed by atoms with Gasteiger partial charge in [0, 0.05) is 42.4 Å². The summed E-state index contributed by atoms with van der Waals surface area (Å²) in [5.41, 5.74) is 0.494. The molecule has 1 N–H and O–H groups in total. The second kappa shape index (κ2) is 7.52. The first-order chi connectivity index (χ1) is 11.9. The Bertz CT molecular complexity index is 615. The van der Waals surface area contributed by atoms with Crippen LogP contribution in [0.15, 0.2) is 24.3 Å². The van der Waals surface area contributed by atoms with Crippen LogP contribution in [0.25, 0.3) is 0 Å². The molecule has 2 aliphatic heterocycles. The molecular weight excluding hydrogens is 318 g/mol. The van der Waals surface area contributed by atoms with E-state index in [1.807, 2.05) is 0 Å². The van der Waals surface area contributed by atoms with Crippen molar-refractivity contribution in [3.63, 3.8) is 0 Å². The fourth-order valence-corrected chi connectivity index (χ4v) is 4.32. The van der Waals surface area contributed by atoms with E-state index in [0.29, 0.717) is 23.6 Å². The number of rotatable bonds is 5. The number of non-ortho nitro benzene ring substituents is 1. The molecule has 3 rings (SSSR count). The smallest absolute Gasteiger partial charge is 0.269 e. The van der Waals surface area contributed by atoms with Gasteiger partial charge in [0.2, 0.25) is 0 Å². The zero-order valence-electron chi connectivity index (χ0n) is 15.0. The zero-order valence-corrected chi connectivity index (χ0v) is 15.0. The molecule has 0 radical (unpaired) electrons. The van der Waals surface area contributed by atoms with Crippen LogP contribution >= 0.6 is 0 Å². The third-order valence-electron chi connectivity index (χ3n) is 5.38. The molecule has 3 atom stereocenters. The fourth-order valence-electron chi connectivity index (χ4n) is 4.32. The highest BCUT2D eigenvalue weighted by Gasteiger charge is 2.38. The molecule has 1 aromatic carbocycles. The van der Waals surface area contributed by atoms with E-state index >= 15 is 0 Å². The summed E-state index contributed by atoms with van der Waals surface area (Å²) >= 11 is 0. The van der Waals surface area contributed by atoms with Crippen molar-refractivity contribution in [2.24, 2.45) is 5.92 Å². The van der Waals surface area contributed by atoms with Gasteiger partial charge in [0.25, 0.3) is 11.6 Å². The van der Waals surface area contributed by atoms with Crippen LogP contribution in [0.5, 0.6) is 0 Å². The van der Waals surface area contributed by atoms with Crippen LogP contribution < -0.4 is 5.32 Å². The molecule has 2 bridgehead atoms. The minimum absolute atomic E-state index is 0.00748. The maximum absolute atomic E-state index is 12.5. The van der Waals surface area contributed by atoms with Gasteiger partial charge in [0.15, 0.2) is 0 Å². The van der Waals surface area contributed by atoms with Crippen molar-refractivity contribution in [3.8, 4) is 0 Å². The lowest BCUT2D eigenvalue weighted by molar-refractivity contribution is -0.384. The number of benzene rings is 1. The van der Waals surface area contributed by atoms with Gasteiger partial charge in [0.1, 0.15) is 0 Å². The van der Waals surface area contributed by atoms with Gasteiger partial charge >= 0.3 is 0 Å². The minimum atomic E-state index is -0.451. The van der Waals surface area contributed by atoms with E-state index in [-0.39, 0.29) is 17.6 Å². The number of amides is 1. The number of hydrogen-bond donors (Lipinski definition) is 1. The van der Waals surface area contributed by atoms with Gasteiger partial charge < -0.3 is 5.32 Å². The number of piperidine rings is 2. The van der Waals surface area contributed by atoms with Crippen LogP contribution in [0.1, 0.15) is 56.3 Å². The lowest BCUT2D eigenvalue weighted by atomic mass is 9.81. The van der Waals surface area contributed by atoms with Gasteiger partial charge in [-0.3, -0.25) is 19.8 Å². The average Bonchev–Trinajstić information content (AvgIpc) is 2.55. The molecule has 2 saturated heterocycles. The van der Waals surface area contributed by atoms with Crippen molar-refractivity contribution >= 4 is 11.6 Å². The molecule has 0 aliphatic carbocycles. The van der Waals surface area contributed by atoms with Crippen molar-refractivity contribution in [2.75, 3.05) is 6.54 Å². The van der Waals surface area contributed by atoms with Crippen molar-refractivity contribution in [3.05, 3.63) is 39.9 Å². The van der Waals surface area contributed by atoms with Crippen LogP contribution in [-0.4, -0.2) is 40.4 Å². The Morgan fingerprint density at radius 2 is 1.84 bits per heavy atom. The minimum Gasteiger partial charge on any atom is -0.349 e. The second-order valence-electron chi connectivity index (χ2n) is 7.77. The predicted molar refractivity (Wildman–Crippen MR) is 96.6 cm³/mol. The quantitative estimate of drug-likeness (QED) is 0.656. The largest absolute Gasteiger partial charge is 0.349 e. The standard InChI is InChI=1S/C19H27N3O3/c1-13(2)12-21-17-4-3-5-18(21)11-15(10-17)20-19(23)14-6-8-16(9-7-14)22(24)25/h6-9,13,15,17-18H,3-5,10-12H2,1-2H3,(H,20,23)/t15?,17-,18+. The first-order valence-corrected chi connectivity index (χ1v) is 9.25. The van der Waals surface area contributed by atoms with Gasteiger partial charge in [-0.25, -0.2) is 0 Å². The van der Waals surface area contributed by atoms with Crippen molar-refractivity contribution < 1.29 is 9.72 Å². The highest BCUT2D eigenvalue weighted by Crippen LogP contribution is 2.34. The summed E-state index contributed by atoms with van der Waals surface area (Å²) in [7, 11) is 0. The van der Waals surface area contributed by atoms with Gasteiger partial charge in [-0.1, -0.05) is 20.3 Å². The second-order valence-corrected chi connectivity index (χ2v) is 7.77. The molecule has 6 nitrogen and oxygen atoms in total. The predicted octanol–water partition coefficient (Wildman–Crippen LogP) is 3.37. The van der Waals surface area contributed by atoms with Crippen LogP contribution in [0.3, 0.4) is 0 Å². The van der Waals surface area contributed by atoms with Crippen LogP contribution in [-0.2, 0) is 0 Å². The molecule has 25 heavy (non-hydrogen) atoms. The Labute approximate surface area is 148 Å². The summed E-state index contributed by atoms with van der Waals surface area (Å²) < 4.78 is 0. The molecule has 2 fully saturated rings. The lowest BCUT2D eigenvalue weighted by Gasteiger charge is -2.49. The molecule has 0 saturated carbocycles. The number of carbonyl (C=O) groups excluding carboxylic acids is 1. The number of carbonyl (C=O) groups is 1. The van der Waals surface area contributed by atoms with E-state index in [1.54, 1.807) is 0 Å². The Kier molecular flexibility index (Phi) is 5.37. The first kappa shape index (κ1) is 17.9. The molecule has 0 spiro atoms. The number of fused-ring (bicyclic) bond motifs is 2. The Balaban J connectivity index is 1.62. The molecule has 1 unspecified atom stereocenters. The number of nitrogens with zero attached hydrogens (tertiary/aromatic N) is 2. The van der Waals surface area contributed by atoms with Gasteiger partial charge in [-0.2, -0.15) is 0 Å². The topological polar surface area (TPSA) is 75.5 Å². The molecule has 1 amide bonds. The van der Waals surface area contributed by atoms with E-state index in [1.165, 1.54) is 43.5 Å². The molecule has 0 aromatic heterocycles. The summed E-state index contributed by atoms with van der Waals surface area (Å²) in [6.45, 7) is 5.66. The van der Waals surface area contributed by atoms with Crippen LogP contribution in [0.4, 0.5) is 5.69 Å². The molecule has 136 valence electrons. The molecule has 6 heteroatoms. The molecule has 2 aliphatic rings. The van der Waals surface area contributed by atoms with Gasteiger partial charge in [0.05, 0.1) is 4.92 Å². The molecule has 2 heterocycles. The van der Waals surface area contributed by atoms with E-state index in [4.69, 9.17) is 0 Å². The van der Waals surface area contributed by atoms with Gasteiger partial charge in [-0.15, -0.1) is 0 Å². The maximum atomic E-state index is 12.5. The maximum Gasteiger partial charge on any atom is 0.269 e. The average molecular weight is 345 g/mol. The van der Waals surface area contributed by atoms with E-state index in [0.717, 1.165) is 19.4 Å². The third kappa shape index (κ3) is 4.18. The number of nitrogens with one attached hydrogen (secondary N) is 1. The van der Waals surface area contributed by atoms with E-state index in [9.17, 15) is 14.9 Å².